The Morgan fingerprint density at radius 1 is 0.970 bits per heavy atom. The van der Waals surface area contributed by atoms with E-state index in [0.29, 0.717) is 18.8 Å². The molecule has 2 N–H and O–H groups in total. The summed E-state index contributed by atoms with van der Waals surface area (Å²) in [6.07, 6.45) is 0.178. The number of rotatable bonds is 4. The minimum Gasteiger partial charge on any atom is -0.443 e. The van der Waals surface area contributed by atoms with E-state index in [4.69, 9.17) is 19.9 Å². The Labute approximate surface area is 192 Å². The Balaban J connectivity index is 1.75. The third kappa shape index (κ3) is 6.70. The number of hydrogen-bond acceptors (Lipinski definition) is 9. The van der Waals surface area contributed by atoms with Crippen molar-refractivity contribution < 1.29 is 29.5 Å². The summed E-state index contributed by atoms with van der Waals surface area (Å²) in [5.41, 5.74) is 0.798. The molecule has 0 spiro atoms. The largest absolute Gasteiger partial charge is 0.443 e. The van der Waals surface area contributed by atoms with Gasteiger partial charge in [-0.2, -0.15) is 0 Å². The van der Waals surface area contributed by atoms with Gasteiger partial charge in [0.2, 0.25) is 0 Å². The van der Waals surface area contributed by atoms with E-state index in [-0.39, 0.29) is 30.7 Å². The summed E-state index contributed by atoms with van der Waals surface area (Å²) >= 11 is 0. The van der Waals surface area contributed by atoms with Gasteiger partial charge in [-0.1, -0.05) is 30.3 Å². The van der Waals surface area contributed by atoms with Crippen LogP contribution in [0.25, 0.3) is 0 Å². The van der Waals surface area contributed by atoms with Gasteiger partial charge in [0.1, 0.15) is 12.2 Å². The predicted molar refractivity (Wildman–Crippen MR) is 119 cm³/mol. The van der Waals surface area contributed by atoms with Crippen LogP contribution in [-0.2, 0) is 16.1 Å². The van der Waals surface area contributed by atoms with Gasteiger partial charge in [-0.25, -0.2) is 24.6 Å². The number of amides is 2. The number of nitrogens with zero attached hydrogens (tertiary/aromatic N) is 5. The average molecular weight is 460 g/mol. The van der Waals surface area contributed by atoms with Gasteiger partial charge in [-0.3, -0.25) is 10.4 Å². The Kier molecular flexibility index (Phi) is 7.56. The van der Waals surface area contributed by atoms with Crippen molar-refractivity contribution >= 4 is 23.7 Å². The number of anilines is 2. The minimum absolute atomic E-state index is 0.0323. The SMILES string of the molecule is CC(C)(C)OC(=O)N1CCN(c2ccc(N(O)O)nc2)CCN1C(=O)OCc1ccccc1. The van der Waals surface area contributed by atoms with Gasteiger partial charge in [-0.15, -0.1) is 5.23 Å². The lowest BCUT2D eigenvalue weighted by Gasteiger charge is -2.33. The molecule has 0 bridgehead atoms. The Morgan fingerprint density at radius 3 is 2.15 bits per heavy atom. The number of pyridine rings is 1. The fraction of sp³-hybridized carbons (Fsp3) is 0.409. The normalized spacial score (nSPS) is 14.5. The zero-order valence-corrected chi connectivity index (χ0v) is 18.9. The molecule has 1 saturated heterocycles. The lowest BCUT2D eigenvalue weighted by Crippen LogP contribution is -2.52. The van der Waals surface area contributed by atoms with Crippen LogP contribution >= 0.6 is 0 Å². The van der Waals surface area contributed by atoms with Gasteiger partial charge in [0.25, 0.3) is 0 Å². The zero-order valence-electron chi connectivity index (χ0n) is 18.9. The van der Waals surface area contributed by atoms with Crippen molar-refractivity contribution in [3.63, 3.8) is 0 Å². The lowest BCUT2D eigenvalue weighted by atomic mass is 10.2. The van der Waals surface area contributed by atoms with Gasteiger partial charge in [0.05, 0.1) is 25.0 Å². The molecule has 11 heteroatoms. The Hall–Kier alpha value is -3.57. The fourth-order valence-corrected chi connectivity index (χ4v) is 3.21. The molecule has 1 aromatic carbocycles. The van der Waals surface area contributed by atoms with Crippen molar-refractivity contribution in [2.45, 2.75) is 33.0 Å². The quantitative estimate of drug-likeness (QED) is 0.664. The number of carbonyl (C=O) groups excluding carboxylic acids is 2. The maximum atomic E-state index is 12.9. The maximum Gasteiger partial charge on any atom is 0.429 e. The van der Waals surface area contributed by atoms with Crippen LogP contribution in [0.3, 0.4) is 0 Å². The molecule has 2 aromatic rings. The van der Waals surface area contributed by atoms with Crippen LogP contribution in [0.4, 0.5) is 21.1 Å². The third-order valence-electron chi connectivity index (χ3n) is 4.78. The maximum absolute atomic E-state index is 12.9. The summed E-state index contributed by atoms with van der Waals surface area (Å²) in [5.74, 6) is -0.0323. The summed E-state index contributed by atoms with van der Waals surface area (Å²) in [7, 11) is 0. The molecule has 0 saturated carbocycles. The van der Waals surface area contributed by atoms with E-state index >= 15 is 0 Å². The number of ether oxygens (including phenoxy) is 2. The smallest absolute Gasteiger partial charge is 0.429 e. The topological polar surface area (TPSA) is 119 Å². The van der Waals surface area contributed by atoms with Crippen LogP contribution in [0.15, 0.2) is 48.7 Å². The number of carbonyl (C=O) groups is 2. The van der Waals surface area contributed by atoms with Crippen molar-refractivity contribution in [3.8, 4) is 0 Å². The van der Waals surface area contributed by atoms with Crippen molar-refractivity contribution in [1.82, 2.24) is 15.0 Å². The van der Waals surface area contributed by atoms with Gasteiger partial charge in [0.15, 0.2) is 5.82 Å². The molecule has 3 rings (SSSR count). The first-order chi connectivity index (χ1) is 15.6. The van der Waals surface area contributed by atoms with E-state index in [2.05, 4.69) is 4.98 Å². The van der Waals surface area contributed by atoms with E-state index < -0.39 is 17.8 Å². The fourth-order valence-electron chi connectivity index (χ4n) is 3.21. The first-order valence-electron chi connectivity index (χ1n) is 10.5. The molecule has 1 aliphatic rings. The highest BCUT2D eigenvalue weighted by atomic mass is 16.8. The third-order valence-corrected chi connectivity index (χ3v) is 4.78. The van der Waals surface area contributed by atoms with E-state index in [9.17, 15) is 9.59 Å². The molecule has 2 heterocycles. The molecule has 2 amide bonds. The average Bonchev–Trinajstić information content (AvgIpc) is 3.00. The first-order valence-corrected chi connectivity index (χ1v) is 10.5. The van der Waals surface area contributed by atoms with Gasteiger partial charge in [0, 0.05) is 13.1 Å². The highest BCUT2D eigenvalue weighted by molar-refractivity contribution is 5.74. The van der Waals surface area contributed by atoms with Crippen LogP contribution in [0.2, 0.25) is 0 Å². The van der Waals surface area contributed by atoms with Crippen LogP contribution in [0.5, 0.6) is 0 Å². The van der Waals surface area contributed by atoms with Crippen LogP contribution in [0, 0.1) is 0 Å². The van der Waals surface area contributed by atoms with Crippen LogP contribution in [0.1, 0.15) is 26.3 Å². The molecular formula is C22H29N5O6. The summed E-state index contributed by atoms with van der Waals surface area (Å²) in [4.78, 5) is 31.7. The van der Waals surface area contributed by atoms with Gasteiger partial charge < -0.3 is 14.4 Å². The summed E-state index contributed by atoms with van der Waals surface area (Å²) in [6.45, 7) is 6.47. The second kappa shape index (κ2) is 10.4. The molecule has 33 heavy (non-hydrogen) atoms. The molecule has 1 aromatic heterocycles. The molecule has 0 unspecified atom stereocenters. The molecular weight excluding hydrogens is 430 g/mol. The molecule has 1 fully saturated rings. The van der Waals surface area contributed by atoms with Crippen molar-refractivity contribution in [1.29, 1.82) is 0 Å². The highest BCUT2D eigenvalue weighted by Gasteiger charge is 2.34. The number of benzene rings is 1. The van der Waals surface area contributed by atoms with Crippen LogP contribution < -0.4 is 10.1 Å². The minimum atomic E-state index is -0.733. The number of hydrogen-bond donors (Lipinski definition) is 2. The molecule has 0 atom stereocenters. The van der Waals surface area contributed by atoms with E-state index in [1.807, 2.05) is 35.2 Å². The van der Waals surface area contributed by atoms with Gasteiger partial charge in [-0.05, 0) is 38.5 Å². The predicted octanol–water partition coefficient (Wildman–Crippen LogP) is 3.28. The molecule has 1 aliphatic heterocycles. The van der Waals surface area contributed by atoms with Crippen LogP contribution in [-0.4, -0.2) is 69.4 Å². The standard InChI is InChI=1S/C22H29N5O6/c1-22(2,3)33-21(29)26-14-12-24(18-9-10-19(23-15-18)27(30)31)11-13-25(26)20(28)32-16-17-7-5-4-6-8-17/h4-10,15,30-31H,11-14,16H2,1-3H3. The molecule has 178 valence electrons. The highest BCUT2D eigenvalue weighted by Crippen LogP contribution is 2.20. The molecule has 0 radical (unpaired) electrons. The molecule has 11 nitrogen and oxygen atoms in total. The zero-order chi connectivity index (χ0) is 24.0. The summed E-state index contributed by atoms with van der Waals surface area (Å²) in [6, 6.07) is 12.4. The second-order valence-corrected chi connectivity index (χ2v) is 8.42. The number of aromatic nitrogens is 1. The summed E-state index contributed by atoms with van der Waals surface area (Å²) in [5, 5.41) is 20.6. The Bertz CT molecular complexity index is 933. The second-order valence-electron chi connectivity index (χ2n) is 8.42. The Morgan fingerprint density at radius 2 is 1.61 bits per heavy atom. The van der Waals surface area contributed by atoms with Gasteiger partial charge >= 0.3 is 12.2 Å². The lowest BCUT2D eigenvalue weighted by molar-refractivity contribution is -0.0421. The van der Waals surface area contributed by atoms with Crippen molar-refractivity contribution in [3.05, 3.63) is 54.2 Å². The van der Waals surface area contributed by atoms with E-state index in [1.54, 1.807) is 26.8 Å². The van der Waals surface area contributed by atoms with E-state index in [1.165, 1.54) is 22.3 Å². The van der Waals surface area contributed by atoms with Crippen molar-refractivity contribution in [2.75, 3.05) is 36.3 Å². The number of hydrazine groups is 1. The van der Waals surface area contributed by atoms with Crippen molar-refractivity contribution in [2.24, 2.45) is 0 Å². The monoisotopic (exact) mass is 459 g/mol. The summed E-state index contributed by atoms with van der Waals surface area (Å²) < 4.78 is 11.0. The first kappa shape index (κ1) is 24.1. The molecule has 0 aliphatic carbocycles. The van der Waals surface area contributed by atoms with E-state index in [0.717, 1.165) is 5.56 Å².